The monoisotopic (exact) mass is 342 g/mol. The Morgan fingerprint density at radius 2 is 2.00 bits per heavy atom. The molecule has 0 heterocycles. The summed E-state index contributed by atoms with van der Waals surface area (Å²) in [5, 5.41) is 2.97. The summed E-state index contributed by atoms with van der Waals surface area (Å²) >= 11 is 0. The van der Waals surface area contributed by atoms with E-state index >= 15 is 0 Å². The van der Waals surface area contributed by atoms with E-state index in [9.17, 15) is 4.79 Å². The molecule has 0 aliphatic carbocycles. The van der Waals surface area contributed by atoms with Gasteiger partial charge in [0.2, 0.25) is 0 Å². The van der Waals surface area contributed by atoms with Gasteiger partial charge >= 0.3 is 0 Å². The van der Waals surface area contributed by atoms with E-state index in [1.165, 1.54) is 0 Å². The Balaban J connectivity index is 2.08. The van der Waals surface area contributed by atoms with Crippen LogP contribution in [0.1, 0.15) is 48.7 Å². The molecule has 2 rings (SSSR count). The molecule has 5 heteroatoms. The molecule has 0 saturated carbocycles. The van der Waals surface area contributed by atoms with Crippen LogP contribution in [0, 0.1) is 0 Å². The highest BCUT2D eigenvalue weighted by Gasteiger charge is 2.14. The van der Waals surface area contributed by atoms with Gasteiger partial charge in [-0.25, -0.2) is 0 Å². The van der Waals surface area contributed by atoms with Crippen molar-refractivity contribution in [2.75, 3.05) is 19.5 Å². The van der Waals surface area contributed by atoms with E-state index in [4.69, 9.17) is 15.2 Å². The van der Waals surface area contributed by atoms with Crippen LogP contribution in [0.2, 0.25) is 0 Å². The van der Waals surface area contributed by atoms with Gasteiger partial charge in [-0.1, -0.05) is 25.5 Å². The Bertz CT molecular complexity index is 716. The molecule has 1 unspecified atom stereocenters. The van der Waals surface area contributed by atoms with E-state index in [-0.39, 0.29) is 11.9 Å². The van der Waals surface area contributed by atoms with Gasteiger partial charge in [0.05, 0.1) is 19.8 Å². The molecule has 134 valence electrons. The fourth-order valence-electron chi connectivity index (χ4n) is 2.44. The number of nitrogens with one attached hydrogen (secondary N) is 1. The van der Waals surface area contributed by atoms with Crippen molar-refractivity contribution in [2.24, 2.45) is 0 Å². The lowest BCUT2D eigenvalue weighted by Gasteiger charge is -2.17. The third kappa shape index (κ3) is 5.14. The van der Waals surface area contributed by atoms with Crippen molar-refractivity contribution in [3.63, 3.8) is 0 Å². The summed E-state index contributed by atoms with van der Waals surface area (Å²) in [6.07, 6.45) is 2.07. The van der Waals surface area contributed by atoms with Crippen molar-refractivity contribution in [3.8, 4) is 11.5 Å². The smallest absolute Gasteiger partial charge is 0.251 e. The molecular formula is C20H26N2O3. The summed E-state index contributed by atoms with van der Waals surface area (Å²) in [6.45, 7) is 4.71. The lowest BCUT2D eigenvalue weighted by molar-refractivity contribution is 0.0940. The summed E-state index contributed by atoms with van der Waals surface area (Å²) in [5.41, 5.74) is 7.78. The van der Waals surface area contributed by atoms with Gasteiger partial charge in [0.1, 0.15) is 0 Å². The number of rotatable bonds is 8. The quantitative estimate of drug-likeness (QED) is 0.563. The van der Waals surface area contributed by atoms with Gasteiger partial charge in [0.15, 0.2) is 11.5 Å². The van der Waals surface area contributed by atoms with E-state index in [0.717, 1.165) is 18.4 Å². The molecule has 5 nitrogen and oxygen atoms in total. The van der Waals surface area contributed by atoms with Crippen LogP contribution in [-0.4, -0.2) is 19.6 Å². The maximum Gasteiger partial charge on any atom is 0.251 e. The Labute approximate surface area is 149 Å². The molecule has 3 N–H and O–H groups in total. The third-order valence-electron chi connectivity index (χ3n) is 3.94. The molecule has 25 heavy (non-hydrogen) atoms. The third-order valence-corrected chi connectivity index (χ3v) is 3.94. The SMILES string of the molecule is CCCCOc1ccc(C(C)NC(=O)c2cccc(N)c2)cc1OC. The van der Waals surface area contributed by atoms with E-state index in [1.807, 2.05) is 25.1 Å². The average molecular weight is 342 g/mol. The molecule has 2 aromatic carbocycles. The summed E-state index contributed by atoms with van der Waals surface area (Å²) in [4.78, 5) is 12.4. The molecule has 0 aliphatic heterocycles. The summed E-state index contributed by atoms with van der Waals surface area (Å²) in [5.74, 6) is 1.22. The van der Waals surface area contributed by atoms with Crippen molar-refractivity contribution < 1.29 is 14.3 Å². The second-order valence-corrected chi connectivity index (χ2v) is 5.93. The minimum Gasteiger partial charge on any atom is -0.493 e. The lowest BCUT2D eigenvalue weighted by atomic mass is 10.1. The molecule has 2 aromatic rings. The second-order valence-electron chi connectivity index (χ2n) is 5.93. The van der Waals surface area contributed by atoms with E-state index in [1.54, 1.807) is 31.4 Å². The van der Waals surface area contributed by atoms with Crippen molar-refractivity contribution in [1.82, 2.24) is 5.32 Å². The van der Waals surface area contributed by atoms with Crippen molar-refractivity contribution in [3.05, 3.63) is 53.6 Å². The summed E-state index contributed by atoms with van der Waals surface area (Å²) in [7, 11) is 1.61. The van der Waals surface area contributed by atoms with Gasteiger partial charge in [0, 0.05) is 11.3 Å². The number of amides is 1. The second kappa shape index (κ2) is 8.97. The fourth-order valence-corrected chi connectivity index (χ4v) is 2.44. The van der Waals surface area contributed by atoms with Crippen molar-refractivity contribution in [1.29, 1.82) is 0 Å². The molecule has 0 aliphatic rings. The predicted molar refractivity (Wildman–Crippen MR) is 100 cm³/mol. The molecule has 0 radical (unpaired) electrons. The number of carbonyl (C=O) groups is 1. The maximum atomic E-state index is 12.4. The zero-order valence-corrected chi connectivity index (χ0v) is 15.0. The first-order valence-corrected chi connectivity index (χ1v) is 8.52. The number of anilines is 1. The Kier molecular flexibility index (Phi) is 6.69. The number of unbranched alkanes of at least 4 members (excludes halogenated alkanes) is 1. The molecule has 1 amide bonds. The molecule has 0 saturated heterocycles. The van der Waals surface area contributed by atoms with Crippen LogP contribution in [-0.2, 0) is 0 Å². The molecular weight excluding hydrogens is 316 g/mol. The highest BCUT2D eigenvalue weighted by Crippen LogP contribution is 2.30. The minimum absolute atomic E-state index is 0.165. The van der Waals surface area contributed by atoms with Crippen LogP contribution < -0.4 is 20.5 Å². The maximum absolute atomic E-state index is 12.4. The number of ether oxygens (including phenoxy) is 2. The van der Waals surface area contributed by atoms with Gasteiger partial charge < -0.3 is 20.5 Å². The number of carbonyl (C=O) groups excluding carboxylic acids is 1. The van der Waals surface area contributed by atoms with Crippen LogP contribution in [0.5, 0.6) is 11.5 Å². The molecule has 1 atom stereocenters. The van der Waals surface area contributed by atoms with E-state index in [0.29, 0.717) is 29.4 Å². The largest absolute Gasteiger partial charge is 0.493 e. The zero-order valence-electron chi connectivity index (χ0n) is 15.0. The molecule has 0 bridgehead atoms. The predicted octanol–water partition coefficient (Wildman–Crippen LogP) is 3.95. The molecule has 0 aromatic heterocycles. The van der Waals surface area contributed by atoms with Gasteiger partial charge in [-0.3, -0.25) is 4.79 Å². The van der Waals surface area contributed by atoms with Crippen LogP contribution in [0.15, 0.2) is 42.5 Å². The first-order chi connectivity index (χ1) is 12.0. The fraction of sp³-hybridized carbons (Fsp3) is 0.350. The van der Waals surface area contributed by atoms with Gasteiger partial charge in [-0.05, 0) is 49.2 Å². The molecule has 0 fully saturated rings. The van der Waals surface area contributed by atoms with Crippen LogP contribution in [0.4, 0.5) is 5.69 Å². The van der Waals surface area contributed by atoms with Crippen LogP contribution in [0.25, 0.3) is 0 Å². The average Bonchev–Trinajstić information content (AvgIpc) is 2.62. The summed E-state index contributed by atoms with van der Waals surface area (Å²) < 4.78 is 11.2. The lowest BCUT2D eigenvalue weighted by Crippen LogP contribution is -2.26. The highest BCUT2D eigenvalue weighted by atomic mass is 16.5. The van der Waals surface area contributed by atoms with E-state index < -0.39 is 0 Å². The number of nitrogen functional groups attached to an aromatic ring is 1. The topological polar surface area (TPSA) is 73.6 Å². The molecule has 0 spiro atoms. The first kappa shape index (κ1) is 18.6. The number of methoxy groups -OCH3 is 1. The number of hydrogen-bond acceptors (Lipinski definition) is 4. The first-order valence-electron chi connectivity index (χ1n) is 8.52. The zero-order chi connectivity index (χ0) is 18.2. The number of hydrogen-bond donors (Lipinski definition) is 2. The van der Waals surface area contributed by atoms with Crippen molar-refractivity contribution >= 4 is 11.6 Å². The van der Waals surface area contributed by atoms with Crippen molar-refractivity contribution in [2.45, 2.75) is 32.7 Å². The summed E-state index contributed by atoms with van der Waals surface area (Å²) in [6, 6.07) is 12.5. The van der Waals surface area contributed by atoms with Gasteiger partial charge in [0.25, 0.3) is 5.91 Å². The Morgan fingerprint density at radius 1 is 1.20 bits per heavy atom. The number of nitrogens with two attached hydrogens (primary N) is 1. The minimum atomic E-state index is -0.174. The van der Waals surface area contributed by atoms with E-state index in [2.05, 4.69) is 12.2 Å². The standard InChI is InChI=1S/C20H26N2O3/c1-4-5-11-25-18-10-9-15(13-19(18)24-3)14(2)22-20(23)16-7-6-8-17(21)12-16/h6-10,12-14H,4-5,11,21H2,1-3H3,(H,22,23). The number of benzene rings is 2. The van der Waals surface area contributed by atoms with Crippen LogP contribution >= 0.6 is 0 Å². The Hall–Kier alpha value is -2.69. The highest BCUT2D eigenvalue weighted by molar-refractivity contribution is 5.95. The Morgan fingerprint density at radius 3 is 2.68 bits per heavy atom. The van der Waals surface area contributed by atoms with Crippen LogP contribution in [0.3, 0.4) is 0 Å². The van der Waals surface area contributed by atoms with Gasteiger partial charge in [-0.2, -0.15) is 0 Å². The van der Waals surface area contributed by atoms with Gasteiger partial charge in [-0.15, -0.1) is 0 Å². The normalized spacial score (nSPS) is 11.6.